The lowest BCUT2D eigenvalue weighted by molar-refractivity contribution is -0.112. The van der Waals surface area contributed by atoms with Gasteiger partial charge in [0.25, 0.3) is 0 Å². The number of carbonyl (C=O) groups excluding carboxylic acids is 1. The van der Waals surface area contributed by atoms with Gasteiger partial charge in [-0.2, -0.15) is 15.2 Å². The largest absolute Gasteiger partial charge is 0.506 e. The number of benzene rings is 3. The van der Waals surface area contributed by atoms with E-state index in [0.29, 0.717) is 28.2 Å². The Labute approximate surface area is 181 Å². The van der Waals surface area contributed by atoms with Crippen LogP contribution in [0.3, 0.4) is 0 Å². The Morgan fingerprint density at radius 2 is 1.81 bits per heavy atom. The summed E-state index contributed by atoms with van der Waals surface area (Å²) in [5, 5.41) is 29.0. The van der Waals surface area contributed by atoms with Crippen LogP contribution in [-0.2, 0) is 4.79 Å². The molecule has 0 saturated heterocycles. The van der Waals surface area contributed by atoms with E-state index in [1.54, 1.807) is 43.3 Å². The van der Waals surface area contributed by atoms with Crippen LogP contribution in [0.4, 0.5) is 15.8 Å². The molecule has 0 atom stereocenters. The topological polar surface area (TPSA) is 115 Å². The summed E-state index contributed by atoms with van der Waals surface area (Å²) >= 11 is 0. The molecule has 0 aliphatic carbocycles. The molecular formula is C23H17FN4O4. The molecule has 0 unspecified atom stereocenters. The number of carbonyl (C=O) groups is 2. The molecule has 1 heterocycles. The molecule has 9 heteroatoms. The average molecular weight is 432 g/mol. The summed E-state index contributed by atoms with van der Waals surface area (Å²) in [5.41, 5.74) is 4.90. The van der Waals surface area contributed by atoms with Crippen molar-refractivity contribution in [2.24, 2.45) is 10.2 Å². The molecule has 0 radical (unpaired) electrons. The molecule has 1 aliphatic rings. The number of amides is 1. The number of nitrogens with zero attached hydrogens (tertiary/aromatic N) is 3. The van der Waals surface area contributed by atoms with Crippen molar-refractivity contribution in [3.05, 3.63) is 78.1 Å². The summed E-state index contributed by atoms with van der Waals surface area (Å²) in [6.45, 7) is 1.63. The lowest BCUT2D eigenvalue weighted by atomic mass is 10.0. The SMILES string of the molecule is CC1=NN(c2ccc(F)cc2)C(=O)/C1=N\Nc1cccc(-c2cccc(C(=O)O)c2O)c1. The van der Waals surface area contributed by atoms with Gasteiger partial charge in [-0.3, -0.25) is 10.2 Å². The highest BCUT2D eigenvalue weighted by atomic mass is 19.1. The van der Waals surface area contributed by atoms with E-state index in [1.165, 1.54) is 30.3 Å². The molecule has 3 N–H and O–H groups in total. The Balaban J connectivity index is 1.58. The van der Waals surface area contributed by atoms with Crippen LogP contribution in [0.25, 0.3) is 11.1 Å². The molecule has 1 amide bonds. The minimum Gasteiger partial charge on any atom is -0.506 e. The average Bonchev–Trinajstić information content (AvgIpc) is 3.06. The Bertz CT molecular complexity index is 1290. The first-order chi connectivity index (χ1) is 15.3. The minimum atomic E-state index is -1.23. The molecule has 0 spiro atoms. The normalized spacial score (nSPS) is 14.6. The number of hydrogen-bond acceptors (Lipinski definition) is 6. The number of para-hydroxylation sites is 1. The van der Waals surface area contributed by atoms with Crippen LogP contribution >= 0.6 is 0 Å². The third kappa shape index (κ3) is 3.91. The zero-order valence-corrected chi connectivity index (χ0v) is 16.8. The van der Waals surface area contributed by atoms with Crippen molar-refractivity contribution < 1.29 is 24.2 Å². The van der Waals surface area contributed by atoms with E-state index in [4.69, 9.17) is 0 Å². The van der Waals surface area contributed by atoms with Crippen LogP contribution in [0.15, 0.2) is 76.9 Å². The van der Waals surface area contributed by atoms with Gasteiger partial charge in [-0.25, -0.2) is 9.18 Å². The Morgan fingerprint density at radius 1 is 1.09 bits per heavy atom. The Kier molecular flexibility index (Phi) is 5.38. The van der Waals surface area contributed by atoms with Crippen LogP contribution in [0.2, 0.25) is 0 Å². The summed E-state index contributed by atoms with van der Waals surface area (Å²) in [7, 11) is 0. The second-order valence-electron chi connectivity index (χ2n) is 6.94. The van der Waals surface area contributed by atoms with Gasteiger partial charge in [0.1, 0.15) is 17.1 Å². The number of carboxylic acid groups (broad SMARTS) is 1. The van der Waals surface area contributed by atoms with Crippen molar-refractivity contribution >= 4 is 34.7 Å². The molecule has 0 fully saturated rings. The molecule has 4 rings (SSSR count). The zero-order chi connectivity index (χ0) is 22.8. The van der Waals surface area contributed by atoms with E-state index < -0.39 is 17.7 Å². The standard InChI is InChI=1S/C23H17FN4O4/c1-13-20(22(30)28(27-13)17-10-8-15(24)9-11-17)26-25-16-5-2-4-14(12-16)18-6-3-7-19(21(18)29)23(31)32/h2-12,25,29H,1H3,(H,31,32)/b26-20-. The maximum absolute atomic E-state index is 13.2. The monoisotopic (exact) mass is 432 g/mol. The second-order valence-corrected chi connectivity index (χ2v) is 6.94. The molecule has 0 bridgehead atoms. The number of hydrogen-bond donors (Lipinski definition) is 3. The van der Waals surface area contributed by atoms with Crippen LogP contribution < -0.4 is 10.4 Å². The van der Waals surface area contributed by atoms with Gasteiger partial charge >= 0.3 is 11.9 Å². The van der Waals surface area contributed by atoms with Gasteiger partial charge in [0.05, 0.1) is 17.1 Å². The number of phenols is 1. The van der Waals surface area contributed by atoms with Crippen molar-refractivity contribution in [1.82, 2.24) is 0 Å². The predicted molar refractivity (Wildman–Crippen MR) is 119 cm³/mol. The van der Waals surface area contributed by atoms with Gasteiger partial charge in [-0.15, -0.1) is 0 Å². The van der Waals surface area contributed by atoms with Crippen molar-refractivity contribution in [1.29, 1.82) is 0 Å². The van der Waals surface area contributed by atoms with E-state index in [9.17, 15) is 24.2 Å². The Morgan fingerprint density at radius 3 is 2.53 bits per heavy atom. The van der Waals surface area contributed by atoms with Gasteiger partial charge in [-0.1, -0.05) is 24.3 Å². The molecule has 160 valence electrons. The smallest absolute Gasteiger partial charge is 0.339 e. The highest BCUT2D eigenvalue weighted by Gasteiger charge is 2.30. The minimum absolute atomic E-state index is 0.0930. The van der Waals surface area contributed by atoms with Gasteiger partial charge < -0.3 is 10.2 Å². The number of hydrazone groups is 2. The third-order valence-corrected chi connectivity index (χ3v) is 4.80. The lowest BCUT2D eigenvalue weighted by Crippen LogP contribution is -2.27. The molecular weight excluding hydrogens is 415 g/mol. The van der Waals surface area contributed by atoms with Crippen LogP contribution in [0.1, 0.15) is 17.3 Å². The van der Waals surface area contributed by atoms with Crippen LogP contribution in [0.5, 0.6) is 5.75 Å². The molecule has 0 saturated carbocycles. The van der Waals surface area contributed by atoms with E-state index >= 15 is 0 Å². The molecule has 3 aromatic carbocycles. The molecule has 8 nitrogen and oxygen atoms in total. The van der Waals surface area contributed by atoms with Crippen molar-refractivity contribution in [3.8, 4) is 16.9 Å². The fraction of sp³-hybridized carbons (Fsp3) is 0.0435. The maximum atomic E-state index is 13.2. The molecule has 0 aromatic heterocycles. The number of nitrogens with one attached hydrogen (secondary N) is 1. The molecule has 32 heavy (non-hydrogen) atoms. The highest BCUT2D eigenvalue weighted by Crippen LogP contribution is 2.33. The quantitative estimate of drug-likeness (QED) is 0.526. The molecule has 1 aliphatic heterocycles. The Hall–Kier alpha value is -4.53. The van der Waals surface area contributed by atoms with Gasteiger partial charge in [0.2, 0.25) is 0 Å². The van der Waals surface area contributed by atoms with Gasteiger partial charge in [0.15, 0.2) is 5.71 Å². The summed E-state index contributed by atoms with van der Waals surface area (Å²) in [5.74, 6) is -2.46. The highest BCUT2D eigenvalue weighted by molar-refractivity contribution is 6.71. The summed E-state index contributed by atoms with van der Waals surface area (Å²) < 4.78 is 13.2. The summed E-state index contributed by atoms with van der Waals surface area (Å²) in [6, 6.07) is 16.6. The van der Waals surface area contributed by atoms with Gasteiger partial charge in [0, 0.05) is 5.56 Å². The fourth-order valence-electron chi connectivity index (χ4n) is 3.21. The summed E-state index contributed by atoms with van der Waals surface area (Å²) in [4.78, 5) is 24.0. The first-order valence-electron chi connectivity index (χ1n) is 9.50. The number of aromatic hydroxyl groups is 1. The predicted octanol–water partition coefficient (Wildman–Crippen LogP) is 4.09. The van der Waals surface area contributed by atoms with Gasteiger partial charge in [-0.05, 0) is 55.0 Å². The number of halogens is 1. The zero-order valence-electron chi connectivity index (χ0n) is 16.8. The lowest BCUT2D eigenvalue weighted by Gasteiger charge is -2.11. The number of anilines is 2. The van der Waals surface area contributed by atoms with E-state index in [0.717, 1.165) is 5.01 Å². The maximum Gasteiger partial charge on any atom is 0.339 e. The first kappa shape index (κ1) is 20.7. The number of rotatable bonds is 5. The summed E-state index contributed by atoms with van der Waals surface area (Å²) in [6.07, 6.45) is 0. The van der Waals surface area contributed by atoms with Crippen LogP contribution in [0, 0.1) is 5.82 Å². The first-order valence-corrected chi connectivity index (χ1v) is 9.50. The molecule has 3 aromatic rings. The van der Waals surface area contributed by atoms with Crippen molar-refractivity contribution in [2.45, 2.75) is 6.92 Å². The van der Waals surface area contributed by atoms with E-state index in [-0.39, 0.29) is 17.0 Å². The van der Waals surface area contributed by atoms with Crippen molar-refractivity contribution in [2.75, 3.05) is 10.4 Å². The fourth-order valence-corrected chi connectivity index (χ4v) is 3.21. The second kappa shape index (κ2) is 8.31. The van der Waals surface area contributed by atoms with E-state index in [2.05, 4.69) is 15.6 Å². The number of aromatic carboxylic acids is 1. The third-order valence-electron chi connectivity index (χ3n) is 4.80. The van der Waals surface area contributed by atoms with Crippen molar-refractivity contribution in [3.63, 3.8) is 0 Å². The van der Waals surface area contributed by atoms with Crippen LogP contribution in [-0.4, -0.2) is 33.5 Å². The van der Waals surface area contributed by atoms with E-state index in [1.807, 2.05) is 0 Å². The number of carboxylic acids is 1.